The first-order chi connectivity index (χ1) is 12.6. The van der Waals surface area contributed by atoms with Crippen LogP contribution in [0.4, 0.5) is 4.79 Å². The Hall–Kier alpha value is -2.65. The van der Waals surface area contributed by atoms with E-state index in [1.54, 1.807) is 45.0 Å². The molecule has 0 spiro atoms. The predicted octanol–water partition coefficient (Wildman–Crippen LogP) is 2.87. The number of Topliss-reactive ketones (excluding diaryl/α,β-unsaturated/α-hetero) is 1. The second-order valence-corrected chi connectivity index (χ2v) is 7.87. The van der Waals surface area contributed by atoms with Crippen LogP contribution in [0.5, 0.6) is 0 Å². The van der Waals surface area contributed by atoms with Crippen LogP contribution in [0, 0.1) is 11.3 Å². The first-order valence-corrected chi connectivity index (χ1v) is 9.09. The van der Waals surface area contributed by atoms with Crippen LogP contribution in [0.2, 0.25) is 0 Å². The number of ketones is 1. The number of nitrogens with zero attached hydrogens (tertiary/aromatic N) is 1. The zero-order chi connectivity index (χ0) is 20.2. The van der Waals surface area contributed by atoms with Crippen molar-refractivity contribution in [2.75, 3.05) is 0 Å². The molecule has 1 aliphatic heterocycles. The van der Waals surface area contributed by atoms with Crippen LogP contribution in [0.1, 0.15) is 45.7 Å². The molecule has 0 bridgehead atoms. The maximum absolute atomic E-state index is 13.1. The number of alkyl carbamates (subject to hydrolysis) is 1. The Morgan fingerprint density at radius 2 is 1.89 bits per heavy atom. The van der Waals surface area contributed by atoms with Crippen molar-refractivity contribution in [3.05, 3.63) is 47.0 Å². The van der Waals surface area contributed by atoms with E-state index in [9.17, 15) is 9.59 Å². The van der Waals surface area contributed by atoms with E-state index in [-0.39, 0.29) is 17.9 Å². The van der Waals surface area contributed by atoms with Crippen molar-refractivity contribution in [3.8, 4) is 6.07 Å². The number of rotatable bonds is 5. The Bertz CT molecular complexity index is 769. The van der Waals surface area contributed by atoms with Crippen LogP contribution in [0.15, 0.2) is 35.9 Å². The summed E-state index contributed by atoms with van der Waals surface area (Å²) in [7, 11) is 0. The number of amides is 1. The summed E-state index contributed by atoms with van der Waals surface area (Å²) in [6, 6.07) is 8.35. The minimum absolute atomic E-state index is 0.0728. The highest BCUT2D eigenvalue weighted by atomic mass is 16.6. The van der Waals surface area contributed by atoms with E-state index >= 15 is 0 Å². The lowest BCUT2D eigenvalue weighted by Crippen LogP contribution is -2.46. The summed E-state index contributed by atoms with van der Waals surface area (Å²) in [5, 5.41) is 14.9. The number of hydrogen-bond donors (Lipinski definition) is 2. The summed E-state index contributed by atoms with van der Waals surface area (Å²) in [6.07, 6.45) is 1.60. The Morgan fingerprint density at radius 1 is 1.26 bits per heavy atom. The van der Waals surface area contributed by atoms with Gasteiger partial charge in [-0.05, 0) is 52.3 Å². The quantitative estimate of drug-likeness (QED) is 0.833. The first-order valence-electron chi connectivity index (χ1n) is 9.09. The van der Waals surface area contributed by atoms with Gasteiger partial charge in [0.25, 0.3) is 0 Å². The van der Waals surface area contributed by atoms with Crippen molar-refractivity contribution >= 4 is 11.9 Å². The standard InChI is InChI=1S/C21H27N3O3/c1-13-10-17(14(2)23-13)19(25)18(24-20(26)27-21(3,4)5)11-15-6-8-16(12-22)9-7-15/h6-10,13-14,18,23H,11H2,1-5H3,(H,24,26). The Balaban J connectivity index is 2.21. The SMILES string of the molecule is CC1C=C(C(=O)C(Cc2ccc(C#N)cc2)NC(=O)OC(C)(C)C)C(C)N1. The molecule has 3 unspecified atom stereocenters. The average molecular weight is 369 g/mol. The van der Waals surface area contributed by atoms with Crippen LogP contribution in [0.25, 0.3) is 0 Å². The normalized spacial score (nSPS) is 20.4. The number of nitriles is 1. The molecule has 1 aliphatic rings. The number of hydrogen-bond acceptors (Lipinski definition) is 5. The molecule has 27 heavy (non-hydrogen) atoms. The molecule has 1 heterocycles. The third-order valence-corrected chi connectivity index (χ3v) is 4.22. The predicted molar refractivity (Wildman–Crippen MR) is 103 cm³/mol. The summed E-state index contributed by atoms with van der Waals surface area (Å²) in [4.78, 5) is 25.4. The molecule has 3 atom stereocenters. The number of benzene rings is 1. The van der Waals surface area contributed by atoms with E-state index in [0.717, 1.165) is 5.56 Å². The van der Waals surface area contributed by atoms with Gasteiger partial charge in [-0.2, -0.15) is 5.26 Å². The smallest absolute Gasteiger partial charge is 0.408 e. The van der Waals surface area contributed by atoms with E-state index in [1.165, 1.54) is 0 Å². The number of carbonyl (C=O) groups is 2. The summed E-state index contributed by atoms with van der Waals surface area (Å²) in [6.45, 7) is 9.23. The van der Waals surface area contributed by atoms with Gasteiger partial charge in [0.2, 0.25) is 0 Å². The second-order valence-electron chi connectivity index (χ2n) is 7.87. The van der Waals surface area contributed by atoms with Gasteiger partial charge in [0.05, 0.1) is 17.7 Å². The molecule has 0 aromatic heterocycles. The molecule has 0 aliphatic carbocycles. The summed E-state index contributed by atoms with van der Waals surface area (Å²) >= 11 is 0. The largest absolute Gasteiger partial charge is 0.444 e. The van der Waals surface area contributed by atoms with Gasteiger partial charge in [-0.15, -0.1) is 0 Å². The molecule has 1 aromatic rings. The van der Waals surface area contributed by atoms with Gasteiger partial charge in [0.15, 0.2) is 5.78 Å². The third-order valence-electron chi connectivity index (χ3n) is 4.22. The monoisotopic (exact) mass is 369 g/mol. The zero-order valence-corrected chi connectivity index (χ0v) is 16.5. The highest BCUT2D eigenvalue weighted by Gasteiger charge is 2.31. The molecular formula is C21H27N3O3. The number of nitrogens with one attached hydrogen (secondary N) is 2. The van der Waals surface area contributed by atoms with Crippen molar-refractivity contribution in [2.24, 2.45) is 0 Å². The Kier molecular flexibility index (Phi) is 6.40. The van der Waals surface area contributed by atoms with Crippen LogP contribution in [-0.4, -0.2) is 35.6 Å². The molecule has 0 saturated carbocycles. The van der Waals surface area contributed by atoms with E-state index in [0.29, 0.717) is 17.6 Å². The molecule has 0 fully saturated rings. The highest BCUT2D eigenvalue weighted by Crippen LogP contribution is 2.18. The maximum atomic E-state index is 13.1. The highest BCUT2D eigenvalue weighted by molar-refractivity contribution is 6.02. The van der Waals surface area contributed by atoms with Gasteiger partial charge < -0.3 is 15.4 Å². The molecule has 0 saturated heterocycles. The van der Waals surface area contributed by atoms with Crippen LogP contribution in [0.3, 0.4) is 0 Å². The maximum Gasteiger partial charge on any atom is 0.408 e. The van der Waals surface area contributed by atoms with Crippen LogP contribution < -0.4 is 10.6 Å². The minimum Gasteiger partial charge on any atom is -0.444 e. The molecule has 1 amide bonds. The van der Waals surface area contributed by atoms with Crippen molar-refractivity contribution in [2.45, 2.75) is 64.8 Å². The van der Waals surface area contributed by atoms with E-state index in [1.807, 2.05) is 19.9 Å². The van der Waals surface area contributed by atoms with Crippen LogP contribution in [-0.2, 0) is 16.0 Å². The average Bonchev–Trinajstić information content (AvgIpc) is 2.91. The molecule has 0 radical (unpaired) electrons. The molecule has 6 heteroatoms. The second kappa shape index (κ2) is 8.36. The van der Waals surface area contributed by atoms with Gasteiger partial charge in [-0.1, -0.05) is 18.2 Å². The topological polar surface area (TPSA) is 91.2 Å². The van der Waals surface area contributed by atoms with Crippen molar-refractivity contribution in [3.63, 3.8) is 0 Å². The van der Waals surface area contributed by atoms with Gasteiger partial charge in [-0.3, -0.25) is 4.79 Å². The Morgan fingerprint density at radius 3 is 2.37 bits per heavy atom. The fourth-order valence-corrected chi connectivity index (χ4v) is 3.05. The van der Waals surface area contributed by atoms with Crippen molar-refractivity contribution < 1.29 is 14.3 Å². The lowest BCUT2D eigenvalue weighted by Gasteiger charge is -2.24. The van der Waals surface area contributed by atoms with Gasteiger partial charge in [0.1, 0.15) is 5.60 Å². The molecule has 1 aromatic carbocycles. The fraction of sp³-hybridized carbons (Fsp3) is 0.476. The van der Waals surface area contributed by atoms with Gasteiger partial charge in [0, 0.05) is 24.1 Å². The van der Waals surface area contributed by atoms with Gasteiger partial charge in [-0.25, -0.2) is 4.79 Å². The molecule has 144 valence electrons. The number of ether oxygens (including phenoxy) is 1. The summed E-state index contributed by atoms with van der Waals surface area (Å²) < 4.78 is 5.32. The summed E-state index contributed by atoms with van der Waals surface area (Å²) in [5.41, 5.74) is 1.42. The first kappa shape index (κ1) is 20.7. The lowest BCUT2D eigenvalue weighted by molar-refractivity contribution is -0.117. The van der Waals surface area contributed by atoms with Crippen molar-refractivity contribution in [1.29, 1.82) is 5.26 Å². The minimum atomic E-state index is -0.742. The third kappa shape index (κ3) is 5.93. The molecular weight excluding hydrogens is 342 g/mol. The van der Waals surface area contributed by atoms with Crippen molar-refractivity contribution in [1.82, 2.24) is 10.6 Å². The van der Waals surface area contributed by atoms with Crippen LogP contribution >= 0.6 is 0 Å². The zero-order valence-electron chi connectivity index (χ0n) is 16.5. The lowest BCUT2D eigenvalue weighted by atomic mass is 9.94. The van der Waals surface area contributed by atoms with E-state index < -0.39 is 17.7 Å². The summed E-state index contributed by atoms with van der Waals surface area (Å²) in [5.74, 6) is -0.130. The molecule has 2 N–H and O–H groups in total. The van der Waals surface area contributed by atoms with E-state index in [4.69, 9.17) is 10.00 Å². The molecule has 2 rings (SSSR count). The molecule has 6 nitrogen and oxygen atoms in total. The fourth-order valence-electron chi connectivity index (χ4n) is 3.05. The van der Waals surface area contributed by atoms with Gasteiger partial charge >= 0.3 is 6.09 Å². The number of carbonyl (C=O) groups excluding carboxylic acids is 2. The van der Waals surface area contributed by atoms with E-state index in [2.05, 4.69) is 16.7 Å². The Labute approximate surface area is 160 Å².